The Bertz CT molecular complexity index is 1670. The third-order valence-electron chi connectivity index (χ3n) is 8.61. The van der Waals surface area contributed by atoms with E-state index in [-0.39, 0.29) is 23.8 Å². The van der Waals surface area contributed by atoms with Gasteiger partial charge in [0.2, 0.25) is 35.4 Å². The first-order chi connectivity index (χ1) is 20.3. The smallest absolute Gasteiger partial charge is 0.332 e. The zero-order valence-electron chi connectivity index (χ0n) is 21.7. The second-order valence-electron chi connectivity index (χ2n) is 10.8. The van der Waals surface area contributed by atoms with E-state index in [1.165, 1.54) is 0 Å². The van der Waals surface area contributed by atoms with E-state index in [9.17, 15) is 19.2 Å². The molecule has 2 bridgehead atoms. The summed E-state index contributed by atoms with van der Waals surface area (Å²) < 4.78 is 11.5. The molecule has 2 aliphatic heterocycles. The summed E-state index contributed by atoms with van der Waals surface area (Å²) in [5.41, 5.74) is 2.25. The number of rotatable bonds is 4. The maximum Gasteiger partial charge on any atom is 0.332 e. The predicted molar refractivity (Wildman–Crippen MR) is 144 cm³/mol. The van der Waals surface area contributed by atoms with Gasteiger partial charge in [0.25, 0.3) is 0 Å². The highest BCUT2D eigenvalue weighted by molar-refractivity contribution is 6.30. The lowest BCUT2D eigenvalue weighted by Gasteiger charge is -2.44. The highest BCUT2D eigenvalue weighted by Crippen LogP contribution is 2.58. The van der Waals surface area contributed by atoms with Crippen LogP contribution < -0.4 is 9.80 Å². The lowest BCUT2D eigenvalue weighted by Crippen LogP contribution is -2.50. The minimum absolute atomic E-state index is 0.112. The molecule has 1 saturated carbocycles. The molecule has 0 spiro atoms. The Hall–Kier alpha value is -4.97. The van der Waals surface area contributed by atoms with Crippen molar-refractivity contribution in [3.63, 3.8) is 0 Å². The molecule has 42 heavy (non-hydrogen) atoms. The summed E-state index contributed by atoms with van der Waals surface area (Å²) >= 11 is 5.95. The topological polar surface area (TPSA) is 153 Å². The van der Waals surface area contributed by atoms with Crippen LogP contribution in [-0.2, 0) is 19.2 Å². The van der Waals surface area contributed by atoms with Gasteiger partial charge in [-0.2, -0.15) is 9.80 Å². The van der Waals surface area contributed by atoms with Crippen molar-refractivity contribution in [2.45, 2.75) is 6.92 Å². The highest BCUT2D eigenvalue weighted by Gasteiger charge is 2.70. The number of carbonyl (C=O) groups is 4. The average Bonchev–Trinajstić information content (AvgIpc) is 3.77. The number of hydrogen-bond acceptors (Lipinski definition) is 10. The minimum atomic E-state index is -0.859. The van der Waals surface area contributed by atoms with Crippen LogP contribution in [0.1, 0.15) is 5.56 Å². The number of amides is 4. The summed E-state index contributed by atoms with van der Waals surface area (Å²) in [7, 11) is 0. The molecule has 2 aromatic carbocycles. The van der Waals surface area contributed by atoms with Crippen LogP contribution in [-0.4, -0.2) is 44.0 Å². The van der Waals surface area contributed by atoms with Gasteiger partial charge in [0.05, 0.1) is 23.7 Å². The van der Waals surface area contributed by atoms with Crippen molar-refractivity contribution in [3.8, 4) is 22.9 Å². The normalized spacial score (nSPS) is 27.8. The molecule has 4 amide bonds. The fraction of sp³-hybridized carbons (Fsp3) is 0.241. The van der Waals surface area contributed by atoms with Crippen molar-refractivity contribution in [1.29, 1.82) is 0 Å². The second kappa shape index (κ2) is 8.76. The molecule has 208 valence electrons. The molecular formula is C29H19ClN6O6. The first-order valence-electron chi connectivity index (χ1n) is 13.3. The van der Waals surface area contributed by atoms with Crippen molar-refractivity contribution in [1.82, 2.24) is 20.4 Å². The van der Waals surface area contributed by atoms with E-state index in [2.05, 4.69) is 20.4 Å². The number of aryl methyl sites for hydroxylation is 1. The molecule has 13 heteroatoms. The zero-order chi connectivity index (χ0) is 28.9. The van der Waals surface area contributed by atoms with E-state index in [1.807, 2.05) is 19.1 Å². The van der Waals surface area contributed by atoms with Crippen LogP contribution in [0.15, 0.2) is 69.5 Å². The lowest BCUT2D eigenvalue weighted by molar-refractivity contribution is -0.137. The van der Waals surface area contributed by atoms with Crippen molar-refractivity contribution >= 4 is 47.3 Å². The van der Waals surface area contributed by atoms with Crippen LogP contribution in [0.5, 0.6) is 0 Å². The van der Waals surface area contributed by atoms with Gasteiger partial charge >= 0.3 is 12.0 Å². The Morgan fingerprint density at radius 3 is 1.38 bits per heavy atom. The predicted octanol–water partition coefficient (Wildman–Crippen LogP) is 3.48. The third-order valence-corrected chi connectivity index (χ3v) is 8.86. The van der Waals surface area contributed by atoms with E-state index < -0.39 is 59.1 Å². The van der Waals surface area contributed by atoms with Gasteiger partial charge in [0.15, 0.2) is 0 Å². The van der Waals surface area contributed by atoms with Crippen LogP contribution in [0, 0.1) is 42.4 Å². The summed E-state index contributed by atoms with van der Waals surface area (Å²) in [5, 5.41) is 16.5. The molecule has 3 aliphatic carbocycles. The number of carbonyl (C=O) groups excluding carboxylic acids is 4. The van der Waals surface area contributed by atoms with Gasteiger partial charge < -0.3 is 8.83 Å². The molecule has 0 radical (unpaired) electrons. The Morgan fingerprint density at radius 2 is 0.976 bits per heavy atom. The number of allylic oxidation sites excluding steroid dienone is 2. The number of nitrogens with zero attached hydrogens (tertiary/aromatic N) is 6. The van der Waals surface area contributed by atoms with Crippen LogP contribution in [0.3, 0.4) is 0 Å². The molecule has 2 saturated heterocycles. The number of benzene rings is 2. The van der Waals surface area contributed by atoms with Gasteiger partial charge in [-0.05, 0) is 43.3 Å². The van der Waals surface area contributed by atoms with E-state index in [1.54, 1.807) is 48.6 Å². The standard InChI is InChI=1S/C29H19ClN6O6/c1-12-2-4-13(5-3-12)22-31-33-28(41-22)35-24(37)18-16-10-11-17(19(18)25(35)38)21-20(16)26(39)36(27(21)40)29-34-32-23(42-29)14-6-8-15(30)9-7-14/h2-11,16-21H,1H3. The number of aromatic nitrogens is 4. The molecule has 6 unspecified atom stereocenters. The Morgan fingerprint density at radius 1 is 0.595 bits per heavy atom. The van der Waals surface area contributed by atoms with Crippen molar-refractivity contribution in [2.24, 2.45) is 35.5 Å². The molecule has 4 aromatic rings. The molecule has 0 N–H and O–H groups in total. The summed E-state index contributed by atoms with van der Waals surface area (Å²) in [6.45, 7) is 1.94. The number of anilines is 2. The molecular weight excluding hydrogens is 564 g/mol. The van der Waals surface area contributed by atoms with Gasteiger partial charge in [-0.15, -0.1) is 10.2 Å². The summed E-state index contributed by atoms with van der Waals surface area (Å²) in [6, 6.07) is 13.5. The van der Waals surface area contributed by atoms with Crippen LogP contribution in [0.4, 0.5) is 12.0 Å². The second-order valence-corrected chi connectivity index (χ2v) is 11.3. The van der Waals surface area contributed by atoms with Crippen LogP contribution in [0.2, 0.25) is 5.02 Å². The van der Waals surface area contributed by atoms with E-state index in [4.69, 9.17) is 20.4 Å². The molecule has 5 aliphatic rings. The average molecular weight is 583 g/mol. The molecule has 9 rings (SSSR count). The van der Waals surface area contributed by atoms with Gasteiger partial charge in [0, 0.05) is 28.0 Å². The first-order valence-corrected chi connectivity index (χ1v) is 13.6. The molecule has 2 aromatic heterocycles. The fourth-order valence-electron chi connectivity index (χ4n) is 6.74. The SMILES string of the molecule is Cc1ccc(-c2nnc(N3C(=O)C4C5C=CC(C4C3=O)C3C(=O)N(c4nnc(-c6ccc(Cl)cc6)o4)C(=O)C53)o2)cc1. The quantitative estimate of drug-likeness (QED) is 0.258. The maximum absolute atomic E-state index is 13.7. The molecule has 4 heterocycles. The van der Waals surface area contributed by atoms with E-state index >= 15 is 0 Å². The number of imide groups is 2. The molecule has 3 fully saturated rings. The lowest BCUT2D eigenvalue weighted by atomic mass is 9.54. The van der Waals surface area contributed by atoms with Gasteiger partial charge in [-0.3, -0.25) is 19.2 Å². The Labute approximate surface area is 242 Å². The summed E-state index contributed by atoms with van der Waals surface area (Å²) in [6.07, 6.45) is 3.52. The first kappa shape index (κ1) is 24.8. The van der Waals surface area contributed by atoms with Crippen LogP contribution >= 0.6 is 11.6 Å². The molecule has 6 atom stereocenters. The van der Waals surface area contributed by atoms with Gasteiger partial charge in [0.1, 0.15) is 0 Å². The maximum atomic E-state index is 13.7. The van der Waals surface area contributed by atoms with Crippen molar-refractivity contribution < 1.29 is 28.0 Å². The molecule has 12 nitrogen and oxygen atoms in total. The Balaban J connectivity index is 1.09. The fourth-order valence-corrected chi connectivity index (χ4v) is 6.86. The van der Waals surface area contributed by atoms with Crippen molar-refractivity contribution in [3.05, 3.63) is 71.3 Å². The minimum Gasteiger partial charge on any atom is -0.403 e. The van der Waals surface area contributed by atoms with Crippen LogP contribution in [0.25, 0.3) is 22.9 Å². The van der Waals surface area contributed by atoms with Gasteiger partial charge in [-0.25, -0.2) is 0 Å². The summed E-state index contributed by atoms with van der Waals surface area (Å²) in [5.74, 6) is -6.70. The van der Waals surface area contributed by atoms with E-state index in [0.29, 0.717) is 16.1 Å². The largest absolute Gasteiger partial charge is 0.403 e. The van der Waals surface area contributed by atoms with Crippen molar-refractivity contribution in [2.75, 3.05) is 9.80 Å². The third kappa shape index (κ3) is 3.35. The summed E-state index contributed by atoms with van der Waals surface area (Å²) in [4.78, 5) is 56.7. The number of halogens is 1. The Kier molecular flexibility index (Phi) is 5.17. The highest BCUT2D eigenvalue weighted by atomic mass is 35.5. The number of hydrogen-bond donors (Lipinski definition) is 0. The van der Waals surface area contributed by atoms with Gasteiger partial charge in [-0.1, -0.05) is 51.6 Å². The zero-order valence-corrected chi connectivity index (χ0v) is 22.5. The van der Waals surface area contributed by atoms with E-state index in [0.717, 1.165) is 15.4 Å². The monoisotopic (exact) mass is 582 g/mol.